The quantitative estimate of drug-likeness (QED) is 0.297. The molecule has 2 aliphatic carbocycles. The first-order valence-electron chi connectivity index (χ1n) is 3.79. The van der Waals surface area contributed by atoms with Crippen molar-refractivity contribution in [1.82, 2.24) is 0 Å². The van der Waals surface area contributed by atoms with Crippen LogP contribution in [0, 0.1) is 12.2 Å². The van der Waals surface area contributed by atoms with Crippen LogP contribution in [0.4, 0.5) is 0 Å². The molecule has 0 aromatic carbocycles. The van der Waals surface area contributed by atoms with E-state index in [-0.39, 0.29) is 24.8 Å². The average Bonchev–Trinajstić information content (AvgIpc) is 2.87. The maximum atomic E-state index is 3.39. The molecule has 2 aliphatic rings. The Labute approximate surface area is 114 Å². The van der Waals surface area contributed by atoms with E-state index >= 15 is 0 Å². The molecule has 0 fully saturated rings. The first kappa shape index (κ1) is 19.8. The molecule has 0 heterocycles. The third kappa shape index (κ3) is 14.8. The van der Waals surface area contributed by atoms with Gasteiger partial charge in [0.2, 0.25) is 0 Å². The first-order chi connectivity index (χ1) is 6.00. The normalized spacial score (nSPS) is 13.0. The minimum absolute atomic E-state index is 0. The van der Waals surface area contributed by atoms with Gasteiger partial charge in [-0.3, -0.25) is 12.2 Å². The Balaban J connectivity index is -0.000000131. The summed E-state index contributed by atoms with van der Waals surface area (Å²) in [6.07, 6.45) is 20.0. The van der Waals surface area contributed by atoms with Crippen LogP contribution >= 0.6 is 0 Å². The van der Waals surface area contributed by atoms with Gasteiger partial charge in [0.1, 0.15) is 0 Å². The second-order valence-corrected chi connectivity index (χ2v) is 2.01. The van der Waals surface area contributed by atoms with Crippen LogP contribution in [-0.2, 0) is 23.9 Å². The fourth-order valence-corrected chi connectivity index (χ4v) is 0.680. The zero-order chi connectivity index (χ0) is 9.07. The summed E-state index contributed by atoms with van der Waals surface area (Å²) in [5.74, 6) is 0. The van der Waals surface area contributed by atoms with Gasteiger partial charge in [-0.05, 0) is 0 Å². The molecule has 14 heavy (non-hydrogen) atoms. The number of rotatable bonds is 0. The monoisotopic (exact) mass is 394 g/mol. The van der Waals surface area contributed by atoms with E-state index in [1.807, 2.05) is 24.3 Å². The van der Waals surface area contributed by atoms with Gasteiger partial charge in [0.25, 0.3) is 0 Å². The Bertz CT molecular complexity index is 163. The van der Waals surface area contributed by atoms with Crippen LogP contribution in [0.15, 0.2) is 36.5 Å². The Hall–Kier alpha value is 0.280. The predicted octanol–water partition coefficient (Wildman–Crippen LogP) is -3.42. The Morgan fingerprint density at radius 2 is 1.21 bits per heavy atom. The molecule has 76 valence electrons. The van der Waals surface area contributed by atoms with Gasteiger partial charge < -0.3 is 24.8 Å². The van der Waals surface area contributed by atoms with Crippen molar-refractivity contribution >= 4 is 4.26 Å². The fourth-order valence-electron chi connectivity index (χ4n) is 0.680. The van der Waals surface area contributed by atoms with Gasteiger partial charge in [0, 0.05) is 0 Å². The van der Waals surface area contributed by atoms with Crippen molar-refractivity contribution < 1.29 is 48.7 Å². The summed E-state index contributed by atoms with van der Waals surface area (Å²) in [6, 6.07) is 0. The molecule has 0 aliphatic heterocycles. The molecule has 2 rings (SSSR count). The summed E-state index contributed by atoms with van der Waals surface area (Å²) in [7, 11) is 0. The maximum absolute atomic E-state index is 3.39. The predicted molar refractivity (Wildman–Crippen MR) is 50.3 cm³/mol. The molecule has 0 N–H and O–H groups in total. The van der Waals surface area contributed by atoms with E-state index < -0.39 is 0 Å². The molecular formula is C11H12Cl2Hf-2. The van der Waals surface area contributed by atoms with Gasteiger partial charge in [-0.2, -0.15) is 12.2 Å². The van der Waals surface area contributed by atoms with Crippen LogP contribution in [0.2, 0.25) is 0 Å². The van der Waals surface area contributed by atoms with E-state index in [9.17, 15) is 0 Å². The number of hydrogen-bond acceptors (Lipinski definition) is 0. The van der Waals surface area contributed by atoms with Crippen molar-refractivity contribution in [2.24, 2.45) is 0 Å². The molecule has 0 unspecified atom stereocenters. The summed E-state index contributed by atoms with van der Waals surface area (Å²) in [4.78, 5) is 0. The second-order valence-electron chi connectivity index (χ2n) is 2.01. The largest absolute Gasteiger partial charge is 1.00 e. The minimum atomic E-state index is 0. The van der Waals surface area contributed by atoms with Gasteiger partial charge in [0.15, 0.2) is 0 Å². The summed E-state index contributed by atoms with van der Waals surface area (Å²) >= 11 is 1.06. The molecule has 0 radical (unpaired) electrons. The van der Waals surface area contributed by atoms with Gasteiger partial charge in [-0.15, -0.1) is 12.8 Å². The Morgan fingerprint density at radius 1 is 0.857 bits per heavy atom. The van der Waals surface area contributed by atoms with Gasteiger partial charge in [-0.25, -0.2) is 24.3 Å². The molecule has 0 saturated carbocycles. The Kier molecular flexibility index (Phi) is 26.8. The molecule has 0 saturated heterocycles. The maximum Gasteiger partial charge on any atom is -1.00 e. The van der Waals surface area contributed by atoms with Crippen molar-refractivity contribution in [2.75, 3.05) is 0 Å². The first-order valence-corrected chi connectivity index (χ1v) is 6.33. The van der Waals surface area contributed by atoms with Crippen LogP contribution < -0.4 is 24.8 Å². The van der Waals surface area contributed by atoms with E-state index in [4.69, 9.17) is 0 Å². The van der Waals surface area contributed by atoms with Gasteiger partial charge >= 0.3 is 28.2 Å². The minimum Gasteiger partial charge on any atom is -1.00 e. The van der Waals surface area contributed by atoms with E-state index in [0.717, 1.165) is 36.7 Å². The van der Waals surface area contributed by atoms with Crippen LogP contribution in [0.5, 0.6) is 0 Å². The van der Waals surface area contributed by atoms with Crippen LogP contribution in [0.1, 0.15) is 12.8 Å². The van der Waals surface area contributed by atoms with Crippen molar-refractivity contribution in [3.05, 3.63) is 48.6 Å². The van der Waals surface area contributed by atoms with E-state index in [0.29, 0.717) is 0 Å². The van der Waals surface area contributed by atoms with Gasteiger partial charge in [0.05, 0.1) is 0 Å². The summed E-state index contributed by atoms with van der Waals surface area (Å²) in [5, 5.41) is 0. The standard InChI is InChI=1S/2C5H5.CH2.2ClH.Hf/c2*1-2-4-5-3-1;;;;/h2*1-3H,4H2;1H2;2*1H;/q2*-1;;;;+2/p-2. The summed E-state index contributed by atoms with van der Waals surface area (Å²) < 4.78 is 3.39. The molecule has 0 spiro atoms. The van der Waals surface area contributed by atoms with Crippen molar-refractivity contribution in [3.8, 4) is 0 Å². The average molecular weight is 394 g/mol. The van der Waals surface area contributed by atoms with Crippen LogP contribution in [0.25, 0.3) is 0 Å². The SMILES string of the molecule is [C-]1=CC=CC1.[C-]1=CC=CC1.[CH2]=[Hf+2].[Cl-].[Cl-]. The molecule has 0 nitrogen and oxygen atoms in total. The smallest absolute Gasteiger partial charge is 1.00 e. The topological polar surface area (TPSA) is 0 Å². The zero-order valence-corrected chi connectivity index (χ0v) is 12.9. The van der Waals surface area contributed by atoms with Gasteiger partial charge in [-0.1, -0.05) is 0 Å². The molecule has 0 bridgehead atoms. The fraction of sp³-hybridized carbons (Fsp3) is 0.182. The molecule has 0 atom stereocenters. The third-order valence-electron chi connectivity index (χ3n) is 1.17. The molecule has 0 aromatic rings. The molecular weight excluding hydrogens is 382 g/mol. The van der Waals surface area contributed by atoms with Crippen molar-refractivity contribution in [3.63, 3.8) is 0 Å². The number of hydrogen-bond donors (Lipinski definition) is 0. The van der Waals surface area contributed by atoms with Crippen LogP contribution in [0.3, 0.4) is 0 Å². The van der Waals surface area contributed by atoms with Crippen molar-refractivity contribution in [2.45, 2.75) is 12.8 Å². The van der Waals surface area contributed by atoms with E-state index in [2.05, 4.69) is 28.6 Å². The molecule has 3 heteroatoms. The second kappa shape index (κ2) is 19.0. The Morgan fingerprint density at radius 3 is 1.29 bits per heavy atom. The van der Waals surface area contributed by atoms with E-state index in [1.54, 1.807) is 0 Å². The number of allylic oxidation sites excluding steroid dienone is 8. The summed E-state index contributed by atoms with van der Waals surface area (Å²) in [5.41, 5.74) is 0. The number of halogens is 2. The third-order valence-corrected chi connectivity index (χ3v) is 1.17. The van der Waals surface area contributed by atoms with Crippen molar-refractivity contribution in [1.29, 1.82) is 0 Å². The molecule has 0 aromatic heterocycles. The van der Waals surface area contributed by atoms with Crippen LogP contribution in [-0.4, -0.2) is 4.26 Å². The van der Waals surface area contributed by atoms with E-state index in [1.165, 1.54) is 0 Å². The zero-order valence-electron chi connectivity index (χ0n) is 7.84. The molecule has 0 amide bonds. The summed E-state index contributed by atoms with van der Waals surface area (Å²) in [6.45, 7) is 0.